The molecule has 0 bridgehead atoms. The number of nitrogens with zero attached hydrogens (tertiary/aromatic N) is 3. The topological polar surface area (TPSA) is 33.1 Å². The molecule has 0 atom stereocenters. The minimum Gasteiger partial charge on any atom is -0.333 e. The lowest BCUT2D eigenvalue weighted by molar-refractivity contribution is 0.110. The fourth-order valence-electron chi connectivity index (χ4n) is 3.14. The Bertz CT molecular complexity index is 395. The van der Waals surface area contributed by atoms with Crippen molar-refractivity contribution in [1.82, 2.24) is 19.8 Å². The predicted molar refractivity (Wildman–Crippen MR) is 83.7 cm³/mol. The molecule has 2 heterocycles. The highest BCUT2D eigenvalue weighted by molar-refractivity contribution is 4.96. The summed E-state index contributed by atoms with van der Waals surface area (Å²) in [6.45, 7) is 13.6. The first-order valence-electron chi connectivity index (χ1n) is 8.16. The number of nitrogens with one attached hydrogen (secondary N) is 1. The summed E-state index contributed by atoms with van der Waals surface area (Å²) in [4.78, 5) is 7.06. The fourth-order valence-corrected chi connectivity index (χ4v) is 3.14. The van der Waals surface area contributed by atoms with Gasteiger partial charge in [0.15, 0.2) is 0 Å². The summed E-state index contributed by atoms with van der Waals surface area (Å²) in [7, 11) is 0. The van der Waals surface area contributed by atoms with Crippen LogP contribution >= 0.6 is 0 Å². The molecule has 114 valence electrons. The second-order valence-corrected chi connectivity index (χ2v) is 6.13. The van der Waals surface area contributed by atoms with Crippen molar-refractivity contribution in [2.75, 3.05) is 26.2 Å². The van der Waals surface area contributed by atoms with E-state index in [0.29, 0.717) is 5.41 Å². The molecule has 0 fully saturated rings. The third kappa shape index (κ3) is 3.61. The van der Waals surface area contributed by atoms with Gasteiger partial charge in [0.25, 0.3) is 0 Å². The molecule has 0 aromatic carbocycles. The Balaban J connectivity index is 1.94. The van der Waals surface area contributed by atoms with Crippen LogP contribution < -0.4 is 5.32 Å². The van der Waals surface area contributed by atoms with E-state index in [4.69, 9.17) is 0 Å². The van der Waals surface area contributed by atoms with Gasteiger partial charge in [0.05, 0.1) is 6.54 Å². The molecule has 1 aromatic heterocycles. The van der Waals surface area contributed by atoms with Gasteiger partial charge in [-0.2, -0.15) is 0 Å². The Morgan fingerprint density at radius 1 is 1.25 bits per heavy atom. The number of hydrogen-bond acceptors (Lipinski definition) is 3. The van der Waals surface area contributed by atoms with Crippen LogP contribution in [0.15, 0.2) is 12.4 Å². The van der Waals surface area contributed by atoms with Gasteiger partial charge in [0, 0.05) is 38.6 Å². The molecule has 2 rings (SSSR count). The molecular weight excluding hydrogens is 248 g/mol. The highest BCUT2D eigenvalue weighted by Gasteiger charge is 2.30. The normalized spacial score (nSPS) is 16.4. The molecule has 1 N–H and O–H groups in total. The number of fused-ring (bicyclic) bond motifs is 1. The zero-order valence-corrected chi connectivity index (χ0v) is 13.4. The van der Waals surface area contributed by atoms with Crippen molar-refractivity contribution in [3.05, 3.63) is 18.2 Å². The molecule has 0 radical (unpaired) electrons. The Kier molecular flexibility index (Phi) is 5.61. The predicted octanol–water partition coefficient (Wildman–Crippen LogP) is 2.50. The lowest BCUT2D eigenvalue weighted by Gasteiger charge is -2.39. The molecule has 1 aliphatic heterocycles. The molecule has 1 aromatic rings. The number of hydrogen-bond donors (Lipinski definition) is 1. The van der Waals surface area contributed by atoms with Crippen LogP contribution in [-0.2, 0) is 13.1 Å². The van der Waals surface area contributed by atoms with Crippen molar-refractivity contribution in [2.45, 2.75) is 53.1 Å². The molecule has 0 unspecified atom stereocenters. The maximum atomic E-state index is 4.47. The summed E-state index contributed by atoms with van der Waals surface area (Å²) in [5, 5.41) is 3.63. The minimum atomic E-state index is 0.407. The first-order chi connectivity index (χ1) is 9.73. The van der Waals surface area contributed by atoms with Gasteiger partial charge < -0.3 is 9.88 Å². The summed E-state index contributed by atoms with van der Waals surface area (Å²) in [5.74, 6) is 1.22. The minimum absolute atomic E-state index is 0.407. The van der Waals surface area contributed by atoms with E-state index in [0.717, 1.165) is 32.7 Å². The van der Waals surface area contributed by atoms with Crippen molar-refractivity contribution in [3.63, 3.8) is 0 Å². The van der Waals surface area contributed by atoms with Gasteiger partial charge in [-0.15, -0.1) is 0 Å². The standard InChI is InChI=1S/C16H30N4/c1-4-7-17-13-16(5-2,6-3)14-19-10-11-20-9-8-18-15(20)12-19/h8-9,17H,4-7,10-14H2,1-3H3. The fraction of sp³-hybridized carbons (Fsp3) is 0.812. The average Bonchev–Trinajstić information content (AvgIpc) is 2.94. The molecule has 4 heteroatoms. The molecular formula is C16H30N4. The largest absolute Gasteiger partial charge is 0.333 e. The van der Waals surface area contributed by atoms with E-state index < -0.39 is 0 Å². The van der Waals surface area contributed by atoms with E-state index in [-0.39, 0.29) is 0 Å². The highest BCUT2D eigenvalue weighted by Crippen LogP contribution is 2.28. The lowest BCUT2D eigenvalue weighted by atomic mass is 9.81. The van der Waals surface area contributed by atoms with E-state index >= 15 is 0 Å². The highest BCUT2D eigenvalue weighted by atomic mass is 15.2. The molecule has 0 amide bonds. The van der Waals surface area contributed by atoms with Crippen molar-refractivity contribution in [2.24, 2.45) is 5.41 Å². The van der Waals surface area contributed by atoms with E-state index in [1.807, 2.05) is 6.20 Å². The monoisotopic (exact) mass is 278 g/mol. The lowest BCUT2D eigenvalue weighted by Crippen LogP contribution is -2.46. The second kappa shape index (κ2) is 7.23. The van der Waals surface area contributed by atoms with Gasteiger partial charge in [0.1, 0.15) is 5.82 Å². The maximum Gasteiger partial charge on any atom is 0.122 e. The van der Waals surface area contributed by atoms with Crippen molar-refractivity contribution in [1.29, 1.82) is 0 Å². The Labute approximate surface area is 123 Å². The maximum absolute atomic E-state index is 4.47. The average molecular weight is 278 g/mol. The van der Waals surface area contributed by atoms with Crippen LogP contribution in [0.1, 0.15) is 45.9 Å². The van der Waals surface area contributed by atoms with Crippen molar-refractivity contribution >= 4 is 0 Å². The van der Waals surface area contributed by atoms with Gasteiger partial charge in [-0.25, -0.2) is 4.98 Å². The van der Waals surface area contributed by atoms with Crippen molar-refractivity contribution < 1.29 is 0 Å². The van der Waals surface area contributed by atoms with Crippen LogP contribution in [0.5, 0.6) is 0 Å². The second-order valence-electron chi connectivity index (χ2n) is 6.13. The molecule has 0 spiro atoms. The van der Waals surface area contributed by atoms with E-state index in [2.05, 4.69) is 46.7 Å². The smallest absolute Gasteiger partial charge is 0.122 e. The summed E-state index contributed by atoms with van der Waals surface area (Å²) < 4.78 is 2.28. The number of aromatic nitrogens is 2. The van der Waals surface area contributed by atoms with Crippen LogP contribution in [-0.4, -0.2) is 40.6 Å². The molecule has 0 saturated carbocycles. The van der Waals surface area contributed by atoms with Gasteiger partial charge in [0.2, 0.25) is 0 Å². The van der Waals surface area contributed by atoms with Gasteiger partial charge in [-0.1, -0.05) is 20.8 Å². The van der Waals surface area contributed by atoms with Crippen LogP contribution in [0.2, 0.25) is 0 Å². The van der Waals surface area contributed by atoms with Gasteiger partial charge in [-0.3, -0.25) is 4.90 Å². The quantitative estimate of drug-likeness (QED) is 0.742. The van der Waals surface area contributed by atoms with Crippen molar-refractivity contribution in [3.8, 4) is 0 Å². The summed E-state index contributed by atoms with van der Waals surface area (Å²) in [5.41, 5.74) is 0.407. The summed E-state index contributed by atoms with van der Waals surface area (Å²) >= 11 is 0. The molecule has 0 aliphatic carbocycles. The van der Waals surface area contributed by atoms with Crippen LogP contribution in [0.4, 0.5) is 0 Å². The number of rotatable bonds is 8. The summed E-state index contributed by atoms with van der Waals surface area (Å²) in [6.07, 6.45) is 7.72. The molecule has 0 saturated heterocycles. The van der Waals surface area contributed by atoms with Gasteiger partial charge >= 0.3 is 0 Å². The zero-order chi connectivity index (χ0) is 14.4. The Hall–Kier alpha value is -0.870. The van der Waals surface area contributed by atoms with E-state index in [1.54, 1.807) is 0 Å². The Morgan fingerprint density at radius 3 is 2.75 bits per heavy atom. The number of imidazole rings is 1. The van der Waals surface area contributed by atoms with E-state index in [9.17, 15) is 0 Å². The molecule has 4 nitrogen and oxygen atoms in total. The Morgan fingerprint density at radius 2 is 2.05 bits per heavy atom. The third-order valence-corrected chi connectivity index (χ3v) is 4.81. The first kappa shape index (κ1) is 15.5. The van der Waals surface area contributed by atoms with Crippen LogP contribution in [0.25, 0.3) is 0 Å². The van der Waals surface area contributed by atoms with Crippen LogP contribution in [0, 0.1) is 5.41 Å². The summed E-state index contributed by atoms with van der Waals surface area (Å²) in [6, 6.07) is 0. The van der Waals surface area contributed by atoms with E-state index in [1.165, 1.54) is 31.6 Å². The first-order valence-corrected chi connectivity index (χ1v) is 8.16. The third-order valence-electron chi connectivity index (χ3n) is 4.81. The zero-order valence-electron chi connectivity index (χ0n) is 13.4. The molecule has 1 aliphatic rings. The van der Waals surface area contributed by atoms with Crippen LogP contribution in [0.3, 0.4) is 0 Å². The SMILES string of the molecule is CCCNCC(CC)(CC)CN1CCn2ccnc2C1. The molecule has 20 heavy (non-hydrogen) atoms. The van der Waals surface area contributed by atoms with Gasteiger partial charge in [-0.05, 0) is 31.2 Å².